The number of aryl methyl sites for hydroxylation is 1. The standard InChI is InChI=1S/C18H19F2N3O/c1-23-9-14(16(22-23)17(19)20)18(24)21-15-5-3-2-4-11(15)13-8-12(13)10-6-7-10/h2-5,9-10,12-13,17H,6-8H2,1H3,(H,21,24)/t12-,13-/m0/s1. The average molecular weight is 331 g/mol. The molecular formula is C18H19F2N3O. The molecule has 1 amide bonds. The van der Waals surface area contributed by atoms with Crippen LogP contribution in [0.25, 0.3) is 0 Å². The summed E-state index contributed by atoms with van der Waals surface area (Å²) in [5, 5.41) is 6.50. The molecule has 126 valence electrons. The molecule has 0 saturated heterocycles. The van der Waals surface area contributed by atoms with Crippen molar-refractivity contribution in [2.75, 3.05) is 5.32 Å². The molecule has 2 saturated carbocycles. The van der Waals surface area contributed by atoms with Crippen molar-refractivity contribution in [3.63, 3.8) is 0 Å². The van der Waals surface area contributed by atoms with Crippen LogP contribution in [0, 0.1) is 11.8 Å². The minimum absolute atomic E-state index is 0.0724. The predicted octanol–water partition coefficient (Wildman–Crippen LogP) is 4.12. The van der Waals surface area contributed by atoms with Gasteiger partial charge in [0.1, 0.15) is 5.69 Å². The maximum Gasteiger partial charge on any atom is 0.282 e. The van der Waals surface area contributed by atoms with Crippen LogP contribution in [0.5, 0.6) is 0 Å². The molecule has 1 aromatic carbocycles. The van der Waals surface area contributed by atoms with Gasteiger partial charge in [-0.05, 0) is 48.6 Å². The summed E-state index contributed by atoms with van der Waals surface area (Å²) >= 11 is 0. The number of para-hydroxylation sites is 1. The molecule has 0 unspecified atom stereocenters. The van der Waals surface area contributed by atoms with Gasteiger partial charge in [0, 0.05) is 18.9 Å². The monoisotopic (exact) mass is 331 g/mol. The van der Waals surface area contributed by atoms with E-state index < -0.39 is 18.0 Å². The Hall–Kier alpha value is -2.24. The first-order valence-corrected chi connectivity index (χ1v) is 8.26. The first kappa shape index (κ1) is 15.3. The highest BCUT2D eigenvalue weighted by molar-refractivity contribution is 6.05. The van der Waals surface area contributed by atoms with E-state index in [0.717, 1.165) is 29.5 Å². The van der Waals surface area contributed by atoms with E-state index in [1.165, 1.54) is 30.8 Å². The fraction of sp³-hybridized carbons (Fsp3) is 0.444. The minimum Gasteiger partial charge on any atom is -0.322 e. The van der Waals surface area contributed by atoms with Gasteiger partial charge in [-0.1, -0.05) is 18.2 Å². The van der Waals surface area contributed by atoms with Crippen LogP contribution < -0.4 is 5.32 Å². The van der Waals surface area contributed by atoms with Crippen LogP contribution in [0.4, 0.5) is 14.5 Å². The number of aromatic nitrogens is 2. The van der Waals surface area contributed by atoms with Crippen LogP contribution in [0.2, 0.25) is 0 Å². The second-order valence-electron chi connectivity index (χ2n) is 6.79. The van der Waals surface area contributed by atoms with Gasteiger partial charge >= 0.3 is 0 Å². The van der Waals surface area contributed by atoms with Gasteiger partial charge in [-0.25, -0.2) is 8.78 Å². The highest BCUT2D eigenvalue weighted by atomic mass is 19.3. The number of nitrogens with one attached hydrogen (secondary N) is 1. The fourth-order valence-corrected chi connectivity index (χ4v) is 3.58. The van der Waals surface area contributed by atoms with E-state index >= 15 is 0 Å². The molecule has 1 heterocycles. The second-order valence-corrected chi connectivity index (χ2v) is 6.79. The third-order valence-electron chi connectivity index (χ3n) is 4.98. The molecule has 4 nitrogen and oxygen atoms in total. The molecule has 1 N–H and O–H groups in total. The van der Waals surface area contributed by atoms with E-state index in [1.807, 2.05) is 24.3 Å². The van der Waals surface area contributed by atoms with E-state index in [9.17, 15) is 13.6 Å². The number of hydrogen-bond donors (Lipinski definition) is 1. The number of benzene rings is 1. The van der Waals surface area contributed by atoms with Crippen molar-refractivity contribution in [1.29, 1.82) is 0 Å². The Kier molecular flexibility index (Phi) is 3.62. The lowest BCUT2D eigenvalue weighted by atomic mass is 10.0. The van der Waals surface area contributed by atoms with Gasteiger partial charge in [0.05, 0.1) is 5.56 Å². The molecule has 0 aliphatic heterocycles. The Morgan fingerprint density at radius 1 is 1.33 bits per heavy atom. The highest BCUT2D eigenvalue weighted by Crippen LogP contribution is 2.60. The summed E-state index contributed by atoms with van der Waals surface area (Å²) in [6.07, 6.45) is 2.34. The van der Waals surface area contributed by atoms with E-state index in [0.29, 0.717) is 5.92 Å². The van der Waals surface area contributed by atoms with Crippen molar-refractivity contribution in [2.45, 2.75) is 31.6 Å². The number of carbonyl (C=O) groups is 1. The Morgan fingerprint density at radius 3 is 2.79 bits per heavy atom. The highest BCUT2D eigenvalue weighted by Gasteiger charge is 2.48. The van der Waals surface area contributed by atoms with Gasteiger partial charge in [-0.15, -0.1) is 0 Å². The molecular weight excluding hydrogens is 312 g/mol. The normalized spacial score (nSPS) is 22.7. The molecule has 2 aliphatic rings. The van der Waals surface area contributed by atoms with Crippen LogP contribution in [-0.4, -0.2) is 15.7 Å². The largest absolute Gasteiger partial charge is 0.322 e. The van der Waals surface area contributed by atoms with E-state index in [4.69, 9.17) is 0 Å². The third kappa shape index (κ3) is 2.81. The zero-order valence-corrected chi connectivity index (χ0v) is 13.4. The molecule has 0 radical (unpaired) electrons. The number of alkyl halides is 2. The van der Waals surface area contributed by atoms with Gasteiger partial charge in [-0.2, -0.15) is 5.10 Å². The Balaban J connectivity index is 1.56. The summed E-state index contributed by atoms with van der Waals surface area (Å²) in [7, 11) is 1.53. The molecule has 2 fully saturated rings. The smallest absolute Gasteiger partial charge is 0.282 e. The van der Waals surface area contributed by atoms with Crippen LogP contribution >= 0.6 is 0 Å². The van der Waals surface area contributed by atoms with Gasteiger partial charge < -0.3 is 5.32 Å². The molecule has 1 aromatic heterocycles. The van der Waals surface area contributed by atoms with Crippen LogP contribution in [0.3, 0.4) is 0 Å². The topological polar surface area (TPSA) is 46.9 Å². The van der Waals surface area contributed by atoms with Crippen molar-refractivity contribution >= 4 is 11.6 Å². The third-order valence-corrected chi connectivity index (χ3v) is 4.98. The molecule has 6 heteroatoms. The Labute approximate surface area is 138 Å². The first-order chi connectivity index (χ1) is 11.5. The van der Waals surface area contributed by atoms with Gasteiger partial charge in [0.25, 0.3) is 12.3 Å². The lowest BCUT2D eigenvalue weighted by Gasteiger charge is -2.11. The SMILES string of the molecule is Cn1cc(C(=O)Nc2ccccc2[C@@H]2C[C@H]2C2CC2)c(C(F)F)n1. The summed E-state index contributed by atoms with van der Waals surface area (Å²) in [4.78, 5) is 12.5. The second kappa shape index (κ2) is 5.69. The Bertz CT molecular complexity index is 782. The van der Waals surface area contributed by atoms with Gasteiger partial charge in [0.2, 0.25) is 0 Å². The van der Waals surface area contributed by atoms with Crippen molar-refractivity contribution in [3.05, 3.63) is 47.3 Å². The molecule has 4 rings (SSSR count). The fourth-order valence-electron chi connectivity index (χ4n) is 3.58. The summed E-state index contributed by atoms with van der Waals surface area (Å²) in [5.41, 5.74) is 1.29. The summed E-state index contributed by atoms with van der Waals surface area (Å²) in [5.74, 6) is 1.51. The van der Waals surface area contributed by atoms with Gasteiger partial charge in [-0.3, -0.25) is 9.48 Å². The zero-order valence-electron chi connectivity index (χ0n) is 13.4. The number of halogens is 2. The molecule has 24 heavy (non-hydrogen) atoms. The number of nitrogens with zero attached hydrogens (tertiary/aromatic N) is 2. The van der Waals surface area contributed by atoms with Crippen molar-refractivity contribution in [2.24, 2.45) is 18.9 Å². The number of rotatable bonds is 5. The first-order valence-electron chi connectivity index (χ1n) is 8.26. The van der Waals surface area contributed by atoms with Crippen molar-refractivity contribution in [3.8, 4) is 0 Å². The number of hydrogen-bond acceptors (Lipinski definition) is 2. The molecule has 0 bridgehead atoms. The average Bonchev–Trinajstić information content (AvgIpc) is 3.44. The predicted molar refractivity (Wildman–Crippen MR) is 86.1 cm³/mol. The van der Waals surface area contributed by atoms with Crippen LogP contribution in [0.15, 0.2) is 30.5 Å². The van der Waals surface area contributed by atoms with Crippen LogP contribution in [0.1, 0.15) is 53.2 Å². The number of amides is 1. The Morgan fingerprint density at radius 2 is 2.08 bits per heavy atom. The van der Waals surface area contributed by atoms with Gasteiger partial charge in [0.15, 0.2) is 0 Å². The number of carbonyl (C=O) groups excluding carboxylic acids is 1. The summed E-state index contributed by atoms with van der Waals surface area (Å²) in [6.45, 7) is 0. The molecule has 2 atom stereocenters. The maximum atomic E-state index is 13.0. The lowest BCUT2D eigenvalue weighted by Crippen LogP contribution is -2.14. The van der Waals surface area contributed by atoms with Crippen LogP contribution in [-0.2, 0) is 7.05 Å². The van der Waals surface area contributed by atoms with Crippen molar-refractivity contribution < 1.29 is 13.6 Å². The molecule has 2 aromatic rings. The maximum absolute atomic E-state index is 13.0. The van der Waals surface area contributed by atoms with E-state index in [2.05, 4.69) is 10.4 Å². The van der Waals surface area contributed by atoms with Crippen molar-refractivity contribution in [1.82, 2.24) is 9.78 Å². The van der Waals surface area contributed by atoms with E-state index in [-0.39, 0.29) is 5.56 Å². The quantitative estimate of drug-likeness (QED) is 0.896. The summed E-state index contributed by atoms with van der Waals surface area (Å²) < 4.78 is 27.3. The minimum atomic E-state index is -2.77. The lowest BCUT2D eigenvalue weighted by molar-refractivity contribution is 0.101. The van der Waals surface area contributed by atoms with E-state index in [1.54, 1.807) is 0 Å². The number of anilines is 1. The summed E-state index contributed by atoms with van der Waals surface area (Å²) in [6, 6.07) is 7.68. The molecule has 0 spiro atoms. The zero-order chi connectivity index (χ0) is 16.8. The molecule has 2 aliphatic carbocycles.